The van der Waals surface area contributed by atoms with Crippen molar-refractivity contribution >= 4 is 23.4 Å². The maximum absolute atomic E-state index is 13.2. The lowest BCUT2D eigenvalue weighted by atomic mass is 10.0. The molecular weight excluding hydrogens is 318 g/mol. The van der Waals surface area contributed by atoms with E-state index in [1.54, 1.807) is 0 Å². The van der Waals surface area contributed by atoms with Gasteiger partial charge in [-0.15, -0.1) is 0 Å². The van der Waals surface area contributed by atoms with Gasteiger partial charge in [0, 0.05) is 36.6 Å². The van der Waals surface area contributed by atoms with Crippen LogP contribution in [0.3, 0.4) is 0 Å². The molecule has 2 aliphatic heterocycles. The van der Waals surface area contributed by atoms with Crippen molar-refractivity contribution in [1.82, 2.24) is 9.80 Å². The Morgan fingerprint density at radius 2 is 2.04 bits per heavy atom. The molecular formula is C19H29N3OS. The number of aryl methyl sites for hydroxylation is 1. The van der Waals surface area contributed by atoms with E-state index >= 15 is 0 Å². The molecule has 0 radical (unpaired) electrons. The second kappa shape index (κ2) is 7.46. The van der Waals surface area contributed by atoms with Gasteiger partial charge in [0.05, 0.1) is 6.04 Å². The van der Waals surface area contributed by atoms with Crippen molar-refractivity contribution < 1.29 is 4.79 Å². The fraction of sp³-hybridized carbons (Fsp3) is 0.632. The maximum Gasteiger partial charge on any atom is 0.244 e. The van der Waals surface area contributed by atoms with Gasteiger partial charge >= 0.3 is 0 Å². The number of carbonyl (C=O) groups excluding carboxylic acids is 1. The van der Waals surface area contributed by atoms with Crippen LogP contribution in [0, 0.1) is 0 Å². The first-order valence-electron chi connectivity index (χ1n) is 8.85. The molecule has 0 unspecified atom stereocenters. The fourth-order valence-corrected chi connectivity index (χ4v) is 4.96. The lowest BCUT2D eigenvalue weighted by Gasteiger charge is -2.34. The Bertz CT molecular complexity index is 592. The van der Waals surface area contributed by atoms with E-state index in [4.69, 9.17) is 0 Å². The number of carbonyl (C=O) groups is 1. The molecule has 1 amide bonds. The number of rotatable bonds is 4. The summed E-state index contributed by atoms with van der Waals surface area (Å²) >= 11 is 1.92. The molecule has 5 heteroatoms. The van der Waals surface area contributed by atoms with E-state index in [1.807, 2.05) is 22.7 Å². The number of hydrogen-bond acceptors (Lipinski definition) is 4. The Morgan fingerprint density at radius 1 is 1.29 bits per heavy atom. The third-order valence-electron chi connectivity index (χ3n) is 5.51. The van der Waals surface area contributed by atoms with E-state index in [9.17, 15) is 4.79 Å². The van der Waals surface area contributed by atoms with Gasteiger partial charge in [-0.25, -0.2) is 0 Å². The number of anilines is 1. The molecule has 0 spiro atoms. The molecule has 132 valence electrons. The van der Waals surface area contributed by atoms with Crippen LogP contribution in [0.5, 0.6) is 0 Å². The number of amides is 1. The van der Waals surface area contributed by atoms with E-state index in [1.165, 1.54) is 5.56 Å². The number of nitrogens with zero attached hydrogens (tertiary/aromatic N) is 3. The first-order valence-corrected chi connectivity index (χ1v) is 10.1. The van der Waals surface area contributed by atoms with Crippen LogP contribution in [-0.2, 0) is 11.2 Å². The summed E-state index contributed by atoms with van der Waals surface area (Å²) < 4.78 is 0. The summed E-state index contributed by atoms with van der Waals surface area (Å²) in [6.45, 7) is 4.89. The van der Waals surface area contributed by atoms with Gasteiger partial charge < -0.3 is 9.80 Å². The summed E-state index contributed by atoms with van der Waals surface area (Å²) in [6.07, 6.45) is 4.32. The van der Waals surface area contributed by atoms with Gasteiger partial charge in [0.2, 0.25) is 5.91 Å². The Morgan fingerprint density at radius 3 is 2.71 bits per heavy atom. The number of thioether (sulfide) groups is 1. The van der Waals surface area contributed by atoms with Crippen molar-refractivity contribution in [3.8, 4) is 0 Å². The lowest BCUT2D eigenvalue weighted by molar-refractivity contribution is -0.123. The van der Waals surface area contributed by atoms with Gasteiger partial charge in [-0.2, -0.15) is 11.8 Å². The van der Waals surface area contributed by atoms with Crippen LogP contribution >= 0.6 is 11.8 Å². The molecule has 0 saturated carbocycles. The lowest BCUT2D eigenvalue weighted by Crippen LogP contribution is -2.48. The zero-order chi connectivity index (χ0) is 17.3. The first-order chi connectivity index (χ1) is 11.5. The minimum Gasteiger partial charge on any atom is -0.311 e. The van der Waals surface area contributed by atoms with Crippen LogP contribution < -0.4 is 4.90 Å². The van der Waals surface area contributed by atoms with Gasteiger partial charge in [0.15, 0.2) is 0 Å². The van der Waals surface area contributed by atoms with Crippen LogP contribution in [-0.4, -0.2) is 73.0 Å². The van der Waals surface area contributed by atoms with Crippen LogP contribution in [0.15, 0.2) is 24.3 Å². The van der Waals surface area contributed by atoms with Crippen LogP contribution in [0.2, 0.25) is 0 Å². The van der Waals surface area contributed by atoms with Crippen LogP contribution in [0.1, 0.15) is 18.9 Å². The molecule has 3 atom stereocenters. The zero-order valence-corrected chi connectivity index (χ0v) is 16.1. The molecule has 1 fully saturated rings. The Kier molecular flexibility index (Phi) is 5.52. The predicted molar refractivity (Wildman–Crippen MR) is 103 cm³/mol. The zero-order valence-electron chi connectivity index (χ0n) is 15.2. The minimum atomic E-state index is -0.0595. The van der Waals surface area contributed by atoms with Crippen molar-refractivity contribution in [2.75, 3.05) is 44.9 Å². The molecule has 24 heavy (non-hydrogen) atoms. The predicted octanol–water partition coefficient (Wildman–Crippen LogP) is 2.33. The summed E-state index contributed by atoms with van der Waals surface area (Å²) in [5.41, 5.74) is 2.42. The number of hydrogen-bond donors (Lipinski definition) is 0. The van der Waals surface area contributed by atoms with E-state index in [-0.39, 0.29) is 11.9 Å². The smallest absolute Gasteiger partial charge is 0.244 e. The van der Waals surface area contributed by atoms with Crippen molar-refractivity contribution in [3.05, 3.63) is 29.8 Å². The summed E-state index contributed by atoms with van der Waals surface area (Å²) in [5, 5.41) is 0.573. The minimum absolute atomic E-state index is 0.0595. The van der Waals surface area contributed by atoms with Crippen molar-refractivity contribution in [3.63, 3.8) is 0 Å². The molecule has 4 nitrogen and oxygen atoms in total. The van der Waals surface area contributed by atoms with Gasteiger partial charge in [-0.3, -0.25) is 9.69 Å². The van der Waals surface area contributed by atoms with Gasteiger partial charge in [0.1, 0.15) is 0 Å². The Labute approximate surface area is 150 Å². The highest BCUT2D eigenvalue weighted by Gasteiger charge is 2.39. The highest BCUT2D eigenvalue weighted by molar-refractivity contribution is 7.99. The number of likely N-dealkylation sites (tertiary alicyclic amines) is 1. The molecule has 3 rings (SSSR count). The molecule has 1 aromatic carbocycles. The SMILES string of the molecule is CS[C@@H]1CN([C@H](C)C(=O)N2CCCc3ccccc32)C[C@H]1N(C)C. The first kappa shape index (κ1) is 17.8. The van der Waals surface area contributed by atoms with Gasteiger partial charge in [-0.1, -0.05) is 18.2 Å². The second-order valence-electron chi connectivity index (χ2n) is 7.16. The molecule has 0 N–H and O–H groups in total. The summed E-state index contributed by atoms with van der Waals surface area (Å²) in [6, 6.07) is 8.81. The van der Waals surface area contributed by atoms with E-state index in [0.717, 1.165) is 38.2 Å². The highest BCUT2D eigenvalue weighted by Crippen LogP contribution is 2.30. The van der Waals surface area contributed by atoms with E-state index < -0.39 is 0 Å². The summed E-state index contributed by atoms with van der Waals surface area (Å²) in [4.78, 5) is 19.9. The van der Waals surface area contributed by atoms with Crippen LogP contribution in [0.4, 0.5) is 5.69 Å². The Balaban J connectivity index is 1.74. The Hall–Kier alpha value is -1.04. The standard InChI is InChI=1S/C19H29N3OS/c1-14(21-12-17(20(2)3)18(13-21)24-4)19(23)22-11-7-9-15-8-5-6-10-16(15)22/h5-6,8,10,14,17-18H,7,9,11-13H2,1-4H3/t14-,17-,18-/m1/s1. The van der Waals surface area contributed by atoms with Crippen LogP contribution in [0.25, 0.3) is 0 Å². The largest absolute Gasteiger partial charge is 0.311 e. The van der Waals surface area contributed by atoms with E-state index in [0.29, 0.717) is 11.3 Å². The third kappa shape index (κ3) is 3.35. The average Bonchev–Trinajstić information content (AvgIpc) is 3.04. The molecule has 1 saturated heterocycles. The average molecular weight is 348 g/mol. The number of fused-ring (bicyclic) bond motifs is 1. The molecule has 2 heterocycles. The molecule has 2 aliphatic rings. The highest BCUT2D eigenvalue weighted by atomic mass is 32.2. The molecule has 0 aliphatic carbocycles. The second-order valence-corrected chi connectivity index (χ2v) is 8.23. The van der Waals surface area contributed by atoms with E-state index in [2.05, 4.69) is 55.3 Å². The third-order valence-corrected chi connectivity index (χ3v) is 6.58. The summed E-state index contributed by atoms with van der Waals surface area (Å²) in [5.74, 6) is 0.251. The summed E-state index contributed by atoms with van der Waals surface area (Å²) in [7, 11) is 4.29. The molecule has 0 bridgehead atoms. The van der Waals surface area contributed by atoms with Crippen molar-refractivity contribution in [2.45, 2.75) is 37.1 Å². The maximum atomic E-state index is 13.2. The number of benzene rings is 1. The number of likely N-dealkylation sites (N-methyl/N-ethyl adjacent to an activating group) is 1. The molecule has 0 aromatic heterocycles. The fourth-order valence-electron chi connectivity index (χ4n) is 3.97. The monoisotopic (exact) mass is 347 g/mol. The topological polar surface area (TPSA) is 26.8 Å². The number of para-hydroxylation sites is 1. The van der Waals surface area contributed by atoms with Gasteiger partial charge in [-0.05, 0) is 51.7 Å². The molecule has 1 aromatic rings. The van der Waals surface area contributed by atoms with Gasteiger partial charge in [0.25, 0.3) is 0 Å². The van der Waals surface area contributed by atoms with Crippen molar-refractivity contribution in [2.24, 2.45) is 0 Å². The quantitative estimate of drug-likeness (QED) is 0.835. The van der Waals surface area contributed by atoms with Crippen molar-refractivity contribution in [1.29, 1.82) is 0 Å². The normalized spacial score (nSPS) is 25.8.